The van der Waals surface area contributed by atoms with Crippen LogP contribution in [0.1, 0.15) is 29.9 Å². The molecule has 0 aliphatic carbocycles. The highest BCUT2D eigenvalue weighted by atomic mass is 16.1. The molecule has 1 aromatic heterocycles. The van der Waals surface area contributed by atoms with Gasteiger partial charge in [-0.25, -0.2) is 4.98 Å². The molecule has 4 heteroatoms. The van der Waals surface area contributed by atoms with Crippen molar-refractivity contribution in [3.8, 4) is 0 Å². The molecule has 0 amide bonds. The van der Waals surface area contributed by atoms with Crippen LogP contribution in [0.2, 0.25) is 0 Å². The molecule has 0 atom stereocenters. The number of rotatable bonds is 0. The Morgan fingerprint density at radius 3 is 3.13 bits per heavy atom. The second-order valence-corrected chi connectivity index (χ2v) is 4.29. The molecule has 3 heterocycles. The molecule has 80 valence electrons. The molecule has 0 radical (unpaired) electrons. The maximum absolute atomic E-state index is 12.1. The maximum atomic E-state index is 12.1. The van der Waals surface area contributed by atoms with Gasteiger partial charge in [-0.3, -0.25) is 9.36 Å². The Morgan fingerprint density at radius 2 is 2.20 bits per heavy atom. The van der Waals surface area contributed by atoms with Gasteiger partial charge in [0, 0.05) is 32.5 Å². The first-order valence-corrected chi connectivity index (χ1v) is 5.68. The Morgan fingerprint density at radius 1 is 1.27 bits per heavy atom. The summed E-state index contributed by atoms with van der Waals surface area (Å²) in [6.45, 7) is 2.50. The molecule has 0 fully saturated rings. The van der Waals surface area contributed by atoms with Crippen LogP contribution in [0, 0.1) is 0 Å². The fourth-order valence-electron chi connectivity index (χ4n) is 2.47. The summed E-state index contributed by atoms with van der Waals surface area (Å²) >= 11 is 0. The molecule has 0 unspecified atom stereocenters. The zero-order valence-corrected chi connectivity index (χ0v) is 8.75. The Bertz CT molecular complexity index is 413. The van der Waals surface area contributed by atoms with Crippen molar-refractivity contribution in [1.29, 1.82) is 0 Å². The monoisotopic (exact) mass is 205 g/mol. The molecular weight excluding hydrogens is 190 g/mol. The molecule has 2 aliphatic rings. The van der Waals surface area contributed by atoms with Crippen molar-refractivity contribution >= 4 is 0 Å². The van der Waals surface area contributed by atoms with Crippen LogP contribution in [0.5, 0.6) is 0 Å². The largest absolute Gasteiger partial charge is 0.312 e. The Kier molecular flexibility index (Phi) is 2.09. The summed E-state index contributed by atoms with van der Waals surface area (Å²) in [6.07, 6.45) is 4.15. The average Bonchev–Trinajstić information content (AvgIpc) is 2.30. The first-order valence-electron chi connectivity index (χ1n) is 5.68. The number of nitrogens with zero attached hydrogens (tertiary/aromatic N) is 2. The number of nitrogens with one attached hydrogen (secondary N) is 1. The van der Waals surface area contributed by atoms with Crippen molar-refractivity contribution in [3.05, 3.63) is 27.4 Å². The van der Waals surface area contributed by atoms with Crippen molar-refractivity contribution in [2.45, 2.75) is 38.8 Å². The first kappa shape index (κ1) is 9.09. The molecule has 0 saturated carbocycles. The van der Waals surface area contributed by atoms with Crippen LogP contribution in [0.3, 0.4) is 0 Å². The third-order valence-electron chi connectivity index (χ3n) is 3.30. The van der Waals surface area contributed by atoms with E-state index >= 15 is 0 Å². The van der Waals surface area contributed by atoms with E-state index in [4.69, 9.17) is 0 Å². The van der Waals surface area contributed by atoms with Crippen molar-refractivity contribution in [2.24, 2.45) is 0 Å². The van der Waals surface area contributed by atoms with Crippen molar-refractivity contribution < 1.29 is 0 Å². The fraction of sp³-hybridized carbons (Fsp3) is 0.636. The average molecular weight is 205 g/mol. The Balaban J connectivity index is 2.20. The van der Waals surface area contributed by atoms with Crippen LogP contribution < -0.4 is 10.9 Å². The summed E-state index contributed by atoms with van der Waals surface area (Å²) in [5, 5.41) is 3.24. The molecule has 15 heavy (non-hydrogen) atoms. The van der Waals surface area contributed by atoms with E-state index in [0.717, 1.165) is 49.4 Å². The molecular formula is C11H15N3O. The molecule has 4 nitrogen and oxygen atoms in total. The lowest BCUT2D eigenvalue weighted by Gasteiger charge is -2.22. The van der Waals surface area contributed by atoms with Gasteiger partial charge in [0.1, 0.15) is 5.82 Å². The van der Waals surface area contributed by atoms with Crippen LogP contribution in [-0.2, 0) is 25.9 Å². The minimum absolute atomic E-state index is 0.196. The minimum atomic E-state index is 0.196. The number of hydrogen-bond donors (Lipinski definition) is 1. The van der Waals surface area contributed by atoms with Gasteiger partial charge >= 0.3 is 0 Å². The molecule has 3 rings (SSSR count). The number of hydrogen-bond acceptors (Lipinski definition) is 3. The summed E-state index contributed by atoms with van der Waals surface area (Å²) in [6, 6.07) is 0. The molecule has 0 saturated heterocycles. The van der Waals surface area contributed by atoms with E-state index in [-0.39, 0.29) is 5.56 Å². The number of aromatic nitrogens is 2. The second-order valence-electron chi connectivity index (χ2n) is 4.29. The van der Waals surface area contributed by atoms with Crippen LogP contribution >= 0.6 is 0 Å². The minimum Gasteiger partial charge on any atom is -0.312 e. The van der Waals surface area contributed by atoms with Crippen molar-refractivity contribution in [3.63, 3.8) is 0 Å². The van der Waals surface area contributed by atoms with E-state index in [1.165, 1.54) is 6.42 Å². The van der Waals surface area contributed by atoms with Gasteiger partial charge in [-0.2, -0.15) is 0 Å². The smallest absolute Gasteiger partial charge is 0.258 e. The van der Waals surface area contributed by atoms with Gasteiger partial charge in [0.2, 0.25) is 0 Å². The van der Waals surface area contributed by atoms with Crippen molar-refractivity contribution in [2.75, 3.05) is 6.54 Å². The molecule has 1 aromatic rings. The van der Waals surface area contributed by atoms with Crippen LogP contribution in [0.4, 0.5) is 0 Å². The topological polar surface area (TPSA) is 46.9 Å². The summed E-state index contributed by atoms with van der Waals surface area (Å²) < 4.78 is 1.87. The molecule has 2 aliphatic heterocycles. The summed E-state index contributed by atoms with van der Waals surface area (Å²) in [5.41, 5.74) is 2.13. The molecule has 0 aromatic carbocycles. The highest BCUT2D eigenvalue weighted by molar-refractivity contribution is 5.22. The lowest BCUT2D eigenvalue weighted by molar-refractivity contribution is 0.477. The van der Waals surface area contributed by atoms with E-state index in [2.05, 4.69) is 10.3 Å². The van der Waals surface area contributed by atoms with E-state index in [1.54, 1.807) is 0 Å². The Labute approximate surface area is 88.3 Å². The van der Waals surface area contributed by atoms with Gasteiger partial charge in [-0.15, -0.1) is 0 Å². The van der Waals surface area contributed by atoms with E-state index in [0.29, 0.717) is 6.54 Å². The number of aryl methyl sites for hydroxylation is 1. The van der Waals surface area contributed by atoms with Gasteiger partial charge in [0.05, 0.1) is 11.3 Å². The van der Waals surface area contributed by atoms with Gasteiger partial charge < -0.3 is 5.32 Å². The quantitative estimate of drug-likeness (QED) is 0.659. The maximum Gasteiger partial charge on any atom is 0.258 e. The molecule has 0 spiro atoms. The highest BCUT2D eigenvalue weighted by Crippen LogP contribution is 2.14. The third-order valence-corrected chi connectivity index (χ3v) is 3.30. The van der Waals surface area contributed by atoms with Crippen LogP contribution in [0.15, 0.2) is 4.79 Å². The fourth-order valence-corrected chi connectivity index (χ4v) is 2.47. The van der Waals surface area contributed by atoms with Crippen molar-refractivity contribution in [1.82, 2.24) is 14.9 Å². The Hall–Kier alpha value is -1.16. The van der Waals surface area contributed by atoms with Crippen LogP contribution in [-0.4, -0.2) is 16.1 Å². The predicted molar refractivity (Wildman–Crippen MR) is 56.8 cm³/mol. The summed E-state index contributed by atoms with van der Waals surface area (Å²) in [4.78, 5) is 16.8. The zero-order valence-electron chi connectivity index (χ0n) is 8.75. The van der Waals surface area contributed by atoms with Gasteiger partial charge in [-0.05, 0) is 12.8 Å². The lowest BCUT2D eigenvalue weighted by atomic mass is 10.1. The van der Waals surface area contributed by atoms with E-state index in [9.17, 15) is 4.79 Å². The van der Waals surface area contributed by atoms with Gasteiger partial charge in [-0.1, -0.05) is 0 Å². The van der Waals surface area contributed by atoms with E-state index < -0.39 is 0 Å². The number of fused-ring (bicyclic) bond motifs is 2. The summed E-state index contributed by atoms with van der Waals surface area (Å²) in [5.74, 6) is 1.01. The lowest BCUT2D eigenvalue weighted by Crippen LogP contribution is -2.38. The second kappa shape index (κ2) is 3.45. The normalized spacial score (nSPS) is 19.5. The predicted octanol–water partition coefficient (Wildman–Crippen LogP) is 0.225. The third kappa shape index (κ3) is 1.40. The first-order chi connectivity index (χ1) is 7.36. The SMILES string of the molecule is O=c1c2c(nc3n1CCCC3)CCNC2. The van der Waals surface area contributed by atoms with Gasteiger partial charge in [0.25, 0.3) is 5.56 Å². The van der Waals surface area contributed by atoms with Gasteiger partial charge in [0.15, 0.2) is 0 Å². The summed E-state index contributed by atoms with van der Waals surface area (Å²) in [7, 11) is 0. The van der Waals surface area contributed by atoms with E-state index in [1.807, 2.05) is 4.57 Å². The standard InChI is InChI=1S/C11H15N3O/c15-11-8-7-12-5-4-9(8)13-10-3-1-2-6-14(10)11/h12H,1-7H2. The van der Waals surface area contributed by atoms with Crippen LogP contribution in [0.25, 0.3) is 0 Å². The molecule has 0 bridgehead atoms. The zero-order chi connectivity index (χ0) is 10.3. The highest BCUT2D eigenvalue weighted by Gasteiger charge is 2.20. The molecule has 1 N–H and O–H groups in total.